The lowest BCUT2D eigenvalue weighted by Crippen LogP contribution is -2.30. The number of carbonyl (C=O) groups excluding carboxylic acids is 2. The van der Waals surface area contributed by atoms with Gasteiger partial charge in [0.2, 0.25) is 0 Å². The van der Waals surface area contributed by atoms with Gasteiger partial charge >= 0.3 is 0 Å². The van der Waals surface area contributed by atoms with E-state index in [9.17, 15) is 14.7 Å². The van der Waals surface area contributed by atoms with E-state index in [2.05, 4.69) is 15.8 Å². The summed E-state index contributed by atoms with van der Waals surface area (Å²) in [6, 6.07) is 23.1. The maximum absolute atomic E-state index is 12.0. The molecule has 7 nitrogen and oxygen atoms in total. The average molecular weight is 417 g/mol. The molecule has 0 spiro atoms. The van der Waals surface area contributed by atoms with Gasteiger partial charge in [-0.05, 0) is 53.9 Å². The van der Waals surface area contributed by atoms with Gasteiger partial charge in [0.05, 0.1) is 11.8 Å². The molecule has 31 heavy (non-hydrogen) atoms. The van der Waals surface area contributed by atoms with Crippen LogP contribution in [0.4, 0.5) is 0 Å². The van der Waals surface area contributed by atoms with Crippen LogP contribution in [-0.2, 0) is 11.2 Å². The van der Waals surface area contributed by atoms with Crippen molar-refractivity contribution in [3.8, 4) is 11.5 Å². The highest BCUT2D eigenvalue weighted by atomic mass is 16.5. The Balaban J connectivity index is 1.39. The van der Waals surface area contributed by atoms with Gasteiger partial charge in [-0.3, -0.25) is 9.59 Å². The minimum Gasteiger partial charge on any atom is -0.507 e. The number of hydrogen-bond acceptors (Lipinski definition) is 5. The van der Waals surface area contributed by atoms with Crippen molar-refractivity contribution < 1.29 is 19.4 Å². The van der Waals surface area contributed by atoms with E-state index in [4.69, 9.17) is 4.74 Å². The van der Waals surface area contributed by atoms with Crippen molar-refractivity contribution in [2.75, 3.05) is 13.2 Å². The Morgan fingerprint density at radius 3 is 2.39 bits per heavy atom. The summed E-state index contributed by atoms with van der Waals surface area (Å²) in [6.07, 6.45) is 2.24. The highest BCUT2D eigenvalue weighted by Gasteiger charge is 2.08. The quantitative estimate of drug-likeness (QED) is 0.368. The van der Waals surface area contributed by atoms with E-state index in [-0.39, 0.29) is 23.8 Å². The molecule has 0 aromatic heterocycles. The lowest BCUT2D eigenvalue weighted by molar-refractivity contribution is -0.123. The molecule has 7 heteroatoms. The maximum Gasteiger partial charge on any atom is 0.275 e. The lowest BCUT2D eigenvalue weighted by Gasteiger charge is -2.08. The number of hydrazone groups is 1. The third kappa shape index (κ3) is 7.01. The van der Waals surface area contributed by atoms with Crippen LogP contribution in [0.3, 0.4) is 0 Å². The normalized spacial score (nSPS) is 10.6. The Morgan fingerprint density at radius 2 is 1.65 bits per heavy atom. The molecule has 0 aliphatic heterocycles. The van der Waals surface area contributed by atoms with Crippen molar-refractivity contribution in [2.24, 2.45) is 5.10 Å². The standard InChI is InChI=1S/C24H23N3O4/c28-22-9-5-4-8-21(22)24(30)27-26-16-19-10-12-20(13-11-19)31-17-23(29)25-15-14-18-6-2-1-3-7-18/h1-13,16,28H,14-15,17H2,(H,25,29)(H,27,30)/b26-16-. The second kappa shape index (κ2) is 11.2. The molecule has 0 atom stereocenters. The zero-order valence-electron chi connectivity index (χ0n) is 16.8. The Kier molecular flexibility index (Phi) is 7.77. The molecular weight excluding hydrogens is 394 g/mol. The fourth-order valence-electron chi connectivity index (χ4n) is 2.73. The first-order valence-electron chi connectivity index (χ1n) is 9.77. The monoisotopic (exact) mass is 417 g/mol. The number of carbonyl (C=O) groups is 2. The molecule has 0 saturated heterocycles. The summed E-state index contributed by atoms with van der Waals surface area (Å²) in [6.45, 7) is 0.479. The van der Waals surface area contributed by atoms with E-state index >= 15 is 0 Å². The summed E-state index contributed by atoms with van der Waals surface area (Å²) >= 11 is 0. The van der Waals surface area contributed by atoms with Gasteiger partial charge in [-0.2, -0.15) is 5.10 Å². The third-order valence-electron chi connectivity index (χ3n) is 4.36. The molecule has 0 bridgehead atoms. The molecule has 3 rings (SSSR count). The van der Waals surface area contributed by atoms with Crippen molar-refractivity contribution in [1.82, 2.24) is 10.7 Å². The van der Waals surface area contributed by atoms with Crippen LogP contribution in [0, 0.1) is 0 Å². The van der Waals surface area contributed by atoms with Crippen molar-refractivity contribution >= 4 is 18.0 Å². The molecule has 3 aromatic carbocycles. The van der Waals surface area contributed by atoms with E-state index in [0.29, 0.717) is 12.3 Å². The number of phenols is 1. The van der Waals surface area contributed by atoms with Crippen LogP contribution in [0.2, 0.25) is 0 Å². The summed E-state index contributed by atoms with van der Waals surface area (Å²) in [4.78, 5) is 23.9. The van der Waals surface area contributed by atoms with Gasteiger partial charge in [-0.25, -0.2) is 5.43 Å². The van der Waals surface area contributed by atoms with Crippen molar-refractivity contribution in [3.63, 3.8) is 0 Å². The Hall–Kier alpha value is -4.13. The third-order valence-corrected chi connectivity index (χ3v) is 4.36. The van der Waals surface area contributed by atoms with Crippen molar-refractivity contribution in [1.29, 1.82) is 0 Å². The van der Waals surface area contributed by atoms with Crippen molar-refractivity contribution in [2.45, 2.75) is 6.42 Å². The Labute approximate surface area is 180 Å². The molecule has 0 aliphatic rings. The zero-order chi connectivity index (χ0) is 21.9. The van der Waals surface area contributed by atoms with Crippen LogP contribution in [0.15, 0.2) is 84.0 Å². The predicted octanol–water partition coefficient (Wildman–Crippen LogP) is 2.89. The minimum atomic E-state index is -0.507. The van der Waals surface area contributed by atoms with Crippen LogP contribution in [0.1, 0.15) is 21.5 Å². The molecule has 0 aliphatic carbocycles. The van der Waals surface area contributed by atoms with E-state index in [1.54, 1.807) is 36.4 Å². The van der Waals surface area contributed by atoms with E-state index in [1.165, 1.54) is 18.3 Å². The number of nitrogens with zero attached hydrogens (tertiary/aromatic N) is 1. The summed E-state index contributed by atoms with van der Waals surface area (Å²) in [7, 11) is 0. The Morgan fingerprint density at radius 1 is 0.935 bits per heavy atom. The first-order valence-corrected chi connectivity index (χ1v) is 9.77. The molecule has 0 unspecified atom stereocenters. The molecule has 0 heterocycles. The van der Waals surface area contributed by atoms with Gasteiger partial charge in [0, 0.05) is 6.54 Å². The number of hydrogen-bond donors (Lipinski definition) is 3. The smallest absolute Gasteiger partial charge is 0.275 e. The topological polar surface area (TPSA) is 100 Å². The summed E-state index contributed by atoms with van der Waals surface area (Å²) < 4.78 is 5.49. The fourth-order valence-corrected chi connectivity index (χ4v) is 2.73. The molecule has 3 N–H and O–H groups in total. The number of ether oxygens (including phenoxy) is 1. The molecular formula is C24H23N3O4. The largest absolute Gasteiger partial charge is 0.507 e. The molecule has 3 aromatic rings. The molecule has 0 radical (unpaired) electrons. The van der Waals surface area contributed by atoms with Crippen LogP contribution in [0.5, 0.6) is 11.5 Å². The van der Waals surface area contributed by atoms with Gasteiger partial charge in [-0.15, -0.1) is 0 Å². The van der Waals surface area contributed by atoms with Crippen LogP contribution in [0.25, 0.3) is 0 Å². The predicted molar refractivity (Wildman–Crippen MR) is 118 cm³/mol. The van der Waals surface area contributed by atoms with Crippen LogP contribution in [-0.4, -0.2) is 36.3 Å². The molecule has 0 saturated carbocycles. The number of rotatable bonds is 9. The number of amides is 2. The fraction of sp³-hybridized carbons (Fsp3) is 0.125. The Bertz CT molecular complexity index is 1030. The zero-order valence-corrected chi connectivity index (χ0v) is 16.8. The van der Waals surface area contributed by atoms with E-state index in [0.717, 1.165) is 17.5 Å². The molecule has 2 amide bonds. The van der Waals surface area contributed by atoms with Crippen LogP contribution < -0.4 is 15.5 Å². The highest BCUT2D eigenvalue weighted by Crippen LogP contribution is 2.15. The average Bonchev–Trinajstić information content (AvgIpc) is 2.79. The first kappa shape index (κ1) is 21.6. The SMILES string of the molecule is O=C(COc1ccc(/C=N\NC(=O)c2ccccc2O)cc1)NCCc1ccccc1. The number of benzene rings is 3. The summed E-state index contributed by atoms with van der Waals surface area (Å²) in [5.74, 6) is -0.254. The lowest BCUT2D eigenvalue weighted by atomic mass is 10.1. The van der Waals surface area contributed by atoms with Gasteiger partial charge in [0.25, 0.3) is 11.8 Å². The number of para-hydroxylation sites is 1. The van der Waals surface area contributed by atoms with E-state index in [1.807, 2.05) is 30.3 Å². The molecule has 158 valence electrons. The summed E-state index contributed by atoms with van der Waals surface area (Å²) in [5.41, 5.74) is 4.40. The van der Waals surface area contributed by atoms with Gasteiger partial charge in [0.1, 0.15) is 11.5 Å². The van der Waals surface area contributed by atoms with Gasteiger partial charge < -0.3 is 15.2 Å². The highest BCUT2D eigenvalue weighted by molar-refractivity contribution is 5.97. The minimum absolute atomic E-state index is 0.0706. The number of aromatic hydroxyl groups is 1. The second-order valence-corrected chi connectivity index (χ2v) is 6.66. The molecule has 0 fully saturated rings. The number of phenolic OH excluding ortho intramolecular Hbond substituents is 1. The van der Waals surface area contributed by atoms with Crippen LogP contribution >= 0.6 is 0 Å². The van der Waals surface area contributed by atoms with Gasteiger partial charge in [-0.1, -0.05) is 42.5 Å². The number of nitrogens with one attached hydrogen (secondary N) is 2. The second-order valence-electron chi connectivity index (χ2n) is 6.66. The first-order chi connectivity index (χ1) is 15.1. The maximum atomic E-state index is 12.0. The van der Waals surface area contributed by atoms with Crippen molar-refractivity contribution in [3.05, 3.63) is 95.6 Å². The van der Waals surface area contributed by atoms with Gasteiger partial charge in [0.15, 0.2) is 6.61 Å². The van der Waals surface area contributed by atoms with E-state index < -0.39 is 5.91 Å². The summed E-state index contributed by atoms with van der Waals surface area (Å²) in [5, 5.41) is 16.4.